The number of carbonyl (C=O) groups excluding carboxylic acids is 2. The van der Waals surface area contributed by atoms with E-state index in [4.69, 9.17) is 4.74 Å². The van der Waals surface area contributed by atoms with Crippen LogP contribution < -0.4 is 16.1 Å². The van der Waals surface area contributed by atoms with E-state index in [1.807, 2.05) is 27.7 Å². The summed E-state index contributed by atoms with van der Waals surface area (Å²) in [5.41, 5.74) is 0.0529. The molecule has 0 unspecified atom stereocenters. The zero-order chi connectivity index (χ0) is 25.1. The van der Waals surface area contributed by atoms with E-state index < -0.39 is 41.6 Å². The number of hydrogen-bond acceptors (Lipinski definition) is 5. The van der Waals surface area contributed by atoms with Crippen LogP contribution in [0.3, 0.4) is 0 Å². The summed E-state index contributed by atoms with van der Waals surface area (Å²) in [7, 11) is 0. The molecule has 0 aliphatic heterocycles. The number of amides is 2. The molecule has 0 saturated heterocycles. The Kier molecular flexibility index (Phi) is 8.41. The summed E-state index contributed by atoms with van der Waals surface area (Å²) in [5.74, 6) is -0.989. The van der Waals surface area contributed by atoms with Gasteiger partial charge >= 0.3 is 6.09 Å². The Balaban J connectivity index is 2.18. The van der Waals surface area contributed by atoms with Gasteiger partial charge in [-0.05, 0) is 56.7 Å². The third-order valence-electron chi connectivity index (χ3n) is 5.19. The summed E-state index contributed by atoms with van der Waals surface area (Å²) in [5, 5.41) is 16.4. The van der Waals surface area contributed by atoms with Crippen LogP contribution in [0.1, 0.15) is 66.6 Å². The van der Waals surface area contributed by atoms with Crippen LogP contribution >= 0.6 is 0 Å². The van der Waals surface area contributed by atoms with Gasteiger partial charge in [0.15, 0.2) is 5.43 Å². The number of carbonyl (C=O) groups is 2. The molecule has 182 valence electrons. The molecule has 2 amide bonds. The van der Waals surface area contributed by atoms with E-state index in [2.05, 4.69) is 10.6 Å². The molecular formula is C25H35FN2O5. The second kappa shape index (κ2) is 10.5. The van der Waals surface area contributed by atoms with E-state index in [-0.39, 0.29) is 22.8 Å². The Bertz CT molecular complexity index is 968. The first-order valence-corrected chi connectivity index (χ1v) is 11.2. The van der Waals surface area contributed by atoms with Crippen molar-refractivity contribution in [3.8, 4) is 11.1 Å². The van der Waals surface area contributed by atoms with Crippen LogP contribution in [0.15, 0.2) is 29.1 Å². The van der Waals surface area contributed by atoms with Crippen molar-refractivity contribution in [2.45, 2.75) is 78.7 Å². The van der Waals surface area contributed by atoms with Crippen molar-refractivity contribution in [2.24, 2.45) is 11.8 Å². The molecule has 3 N–H and O–H groups in total. The summed E-state index contributed by atoms with van der Waals surface area (Å²) < 4.78 is 18.5. The lowest BCUT2D eigenvalue weighted by molar-refractivity contribution is -0.125. The van der Waals surface area contributed by atoms with Crippen LogP contribution in [0.25, 0.3) is 11.1 Å². The van der Waals surface area contributed by atoms with Crippen LogP contribution in [0.2, 0.25) is 0 Å². The van der Waals surface area contributed by atoms with Gasteiger partial charge in [-0.25, -0.2) is 9.18 Å². The molecule has 0 bridgehead atoms. The molecular weight excluding hydrogens is 427 g/mol. The smallest absolute Gasteiger partial charge is 0.408 e. The molecule has 0 aliphatic rings. The molecule has 0 spiro atoms. The van der Waals surface area contributed by atoms with Gasteiger partial charge in [-0.1, -0.05) is 39.8 Å². The number of halogens is 1. The Morgan fingerprint density at radius 2 is 1.64 bits per heavy atom. The fourth-order valence-electron chi connectivity index (χ4n) is 3.58. The van der Waals surface area contributed by atoms with Crippen LogP contribution in [0.4, 0.5) is 9.18 Å². The third-order valence-corrected chi connectivity index (χ3v) is 5.19. The zero-order valence-electron chi connectivity index (χ0n) is 20.4. The Labute approximate surface area is 194 Å². The fraction of sp³-hybridized carbons (Fsp3) is 0.560. The van der Waals surface area contributed by atoms with Gasteiger partial charge in [0.2, 0.25) is 5.91 Å². The minimum absolute atomic E-state index is 0.107. The zero-order valence-corrected chi connectivity index (χ0v) is 20.4. The van der Waals surface area contributed by atoms with Gasteiger partial charge < -0.3 is 20.5 Å². The summed E-state index contributed by atoms with van der Waals surface area (Å²) in [6.45, 7) is 12.7. The van der Waals surface area contributed by atoms with Crippen molar-refractivity contribution >= 4 is 12.0 Å². The SMILES string of the molecule is CC(C)C[C@H](NC(=O)OC(C)(C)C)C(=O)N[C@@H](C(C)C)[C@@H](O)c1c(-c2ccc(F)cc2)c1=O. The molecule has 0 heterocycles. The topological polar surface area (TPSA) is 105 Å². The van der Waals surface area contributed by atoms with E-state index in [1.54, 1.807) is 20.8 Å². The van der Waals surface area contributed by atoms with Crippen molar-refractivity contribution in [3.63, 3.8) is 0 Å². The number of aliphatic hydroxyl groups excluding tert-OH is 1. The maximum absolute atomic E-state index is 13.2. The highest BCUT2D eigenvalue weighted by atomic mass is 19.1. The number of rotatable bonds is 9. The van der Waals surface area contributed by atoms with E-state index in [0.717, 1.165) is 0 Å². The maximum Gasteiger partial charge on any atom is 0.408 e. The summed E-state index contributed by atoms with van der Waals surface area (Å²) >= 11 is 0. The highest BCUT2D eigenvalue weighted by Crippen LogP contribution is 2.34. The van der Waals surface area contributed by atoms with Gasteiger partial charge in [-0.3, -0.25) is 9.59 Å². The molecule has 0 aliphatic carbocycles. The fourth-order valence-corrected chi connectivity index (χ4v) is 3.58. The van der Waals surface area contributed by atoms with Crippen LogP contribution in [0.5, 0.6) is 0 Å². The highest BCUT2D eigenvalue weighted by Gasteiger charge is 2.38. The van der Waals surface area contributed by atoms with Gasteiger partial charge in [-0.2, -0.15) is 0 Å². The lowest BCUT2D eigenvalue weighted by atomic mass is 9.95. The number of hydrogen-bond donors (Lipinski definition) is 3. The molecule has 0 radical (unpaired) electrons. The Morgan fingerprint density at radius 1 is 1.06 bits per heavy atom. The normalized spacial score (nSPS) is 14.9. The van der Waals surface area contributed by atoms with Crippen molar-refractivity contribution in [1.82, 2.24) is 10.6 Å². The van der Waals surface area contributed by atoms with E-state index in [1.165, 1.54) is 24.3 Å². The molecule has 0 saturated carbocycles. The molecule has 8 heteroatoms. The van der Waals surface area contributed by atoms with E-state index in [9.17, 15) is 23.9 Å². The maximum atomic E-state index is 13.2. The average molecular weight is 463 g/mol. The molecule has 3 atom stereocenters. The molecule has 33 heavy (non-hydrogen) atoms. The first-order valence-electron chi connectivity index (χ1n) is 11.2. The van der Waals surface area contributed by atoms with Gasteiger partial charge in [0.05, 0.1) is 6.04 Å². The largest absolute Gasteiger partial charge is 0.444 e. The second-order valence-corrected chi connectivity index (χ2v) is 10.2. The number of benzene rings is 1. The first-order chi connectivity index (χ1) is 15.2. The number of nitrogens with one attached hydrogen (secondary N) is 2. The molecule has 2 aromatic rings. The van der Waals surface area contributed by atoms with Crippen molar-refractivity contribution in [2.75, 3.05) is 0 Å². The molecule has 0 fully saturated rings. The lowest BCUT2D eigenvalue weighted by Crippen LogP contribution is -2.53. The second-order valence-electron chi connectivity index (χ2n) is 10.2. The molecule has 7 nitrogen and oxygen atoms in total. The summed E-state index contributed by atoms with van der Waals surface area (Å²) in [6.07, 6.45) is -1.57. The predicted octanol–water partition coefficient (Wildman–Crippen LogP) is 3.84. The Morgan fingerprint density at radius 3 is 2.12 bits per heavy atom. The average Bonchev–Trinajstić information content (AvgIpc) is 3.34. The molecule has 2 aromatic carbocycles. The lowest BCUT2D eigenvalue weighted by Gasteiger charge is -2.29. The third kappa shape index (κ3) is 7.39. The van der Waals surface area contributed by atoms with E-state index >= 15 is 0 Å². The molecule has 2 rings (SSSR count). The summed E-state index contributed by atoms with van der Waals surface area (Å²) in [6, 6.07) is 3.83. The predicted molar refractivity (Wildman–Crippen MR) is 125 cm³/mol. The number of ether oxygens (including phenoxy) is 1. The van der Waals surface area contributed by atoms with Gasteiger partial charge in [0.25, 0.3) is 0 Å². The number of alkyl carbamates (subject to hydrolysis) is 1. The number of aliphatic hydroxyl groups is 1. The standard InChI is InChI=1S/C25H35FN2O5/c1-13(2)12-17(27-24(32)33-25(5,6)7)23(31)28-20(14(3)4)22(30)19-18(21(19)29)15-8-10-16(26)11-9-15/h8-11,13-14,17,20,22,30H,12H2,1-7H3,(H,27,32)(H,28,31)/t17-,20-,22-/m0/s1. The first kappa shape index (κ1) is 26.5. The highest BCUT2D eigenvalue weighted by molar-refractivity contribution is 5.86. The molecule has 0 aromatic heterocycles. The monoisotopic (exact) mass is 462 g/mol. The van der Waals surface area contributed by atoms with Crippen molar-refractivity contribution in [3.05, 3.63) is 45.9 Å². The Hall–Kier alpha value is -2.74. The van der Waals surface area contributed by atoms with E-state index in [0.29, 0.717) is 17.5 Å². The van der Waals surface area contributed by atoms with Gasteiger partial charge in [0.1, 0.15) is 23.6 Å². The van der Waals surface area contributed by atoms with Crippen LogP contribution in [-0.4, -0.2) is 34.8 Å². The van der Waals surface area contributed by atoms with Crippen LogP contribution in [-0.2, 0) is 9.53 Å². The quantitative estimate of drug-likeness (QED) is 0.525. The van der Waals surface area contributed by atoms with Gasteiger partial charge in [-0.15, -0.1) is 0 Å². The summed E-state index contributed by atoms with van der Waals surface area (Å²) in [4.78, 5) is 37.7. The van der Waals surface area contributed by atoms with Crippen molar-refractivity contribution < 1.29 is 23.8 Å². The van der Waals surface area contributed by atoms with Crippen LogP contribution in [0, 0.1) is 17.7 Å². The van der Waals surface area contributed by atoms with Crippen molar-refractivity contribution in [1.29, 1.82) is 0 Å². The minimum atomic E-state index is -1.23. The van der Waals surface area contributed by atoms with Gasteiger partial charge in [0, 0.05) is 11.1 Å². The minimum Gasteiger partial charge on any atom is -0.444 e.